The number of halogens is 1. The average molecular weight is 586 g/mol. The van der Waals surface area contributed by atoms with Gasteiger partial charge in [0.25, 0.3) is 0 Å². The molecule has 3 aromatic rings. The van der Waals surface area contributed by atoms with E-state index in [2.05, 4.69) is 53.0 Å². The Hall–Kier alpha value is -3.24. The van der Waals surface area contributed by atoms with Crippen LogP contribution in [0.25, 0.3) is 11.0 Å². The summed E-state index contributed by atoms with van der Waals surface area (Å²) in [6, 6.07) is 7.59. The Morgan fingerprint density at radius 3 is 2.34 bits per heavy atom. The molecule has 0 aliphatic carbocycles. The lowest BCUT2D eigenvalue weighted by Gasteiger charge is -2.38. The van der Waals surface area contributed by atoms with E-state index in [1.54, 1.807) is 31.3 Å². The molecule has 0 aliphatic rings. The van der Waals surface area contributed by atoms with Crippen LogP contribution in [0.15, 0.2) is 41.3 Å². The molecule has 3 rings (SSSR count). The van der Waals surface area contributed by atoms with Gasteiger partial charge in [-0.25, -0.2) is 9.18 Å². The number of carbonyl (C=O) groups is 1. The molecule has 8 nitrogen and oxygen atoms in total. The van der Waals surface area contributed by atoms with Crippen molar-refractivity contribution in [1.82, 2.24) is 9.55 Å². The van der Waals surface area contributed by atoms with Crippen LogP contribution < -0.4 is 15.5 Å². The van der Waals surface area contributed by atoms with E-state index in [4.69, 9.17) is 18.9 Å². The number of hydrogen-bond acceptors (Lipinski definition) is 7. The summed E-state index contributed by atoms with van der Waals surface area (Å²) in [7, 11) is -2.10. The molecule has 0 saturated heterocycles. The Balaban J connectivity index is 2.20. The predicted molar refractivity (Wildman–Crippen MR) is 164 cm³/mol. The standard InChI is InChI=1S/C31H44FN3O5Si/c1-10-38-29-25(33-17-21-12-14-22(32)15-13-21)16-23-27(36)24(30(37)39-11-2)18-35(28(23)34-29)26(20(3)4)19-40-41(8,9)31(5,6)7/h12-16,18,20,26,33H,10-11,17,19H2,1-9H3/t26-/m1/s1. The summed E-state index contributed by atoms with van der Waals surface area (Å²) in [5, 5.41) is 3.54. The maximum Gasteiger partial charge on any atom is 0.343 e. The Bertz CT molecular complexity index is 1410. The maximum atomic E-state index is 13.7. The zero-order valence-electron chi connectivity index (χ0n) is 25.8. The fourth-order valence-corrected chi connectivity index (χ4v) is 5.16. The second kappa shape index (κ2) is 13.2. The number of rotatable bonds is 12. The van der Waals surface area contributed by atoms with E-state index in [0.29, 0.717) is 37.0 Å². The quantitative estimate of drug-likeness (QED) is 0.182. The highest BCUT2D eigenvalue weighted by Crippen LogP contribution is 2.38. The summed E-state index contributed by atoms with van der Waals surface area (Å²) in [6.07, 6.45) is 1.55. The van der Waals surface area contributed by atoms with Crippen molar-refractivity contribution < 1.29 is 23.1 Å². The normalized spacial score (nSPS) is 13.0. The van der Waals surface area contributed by atoms with Crippen molar-refractivity contribution in [1.29, 1.82) is 0 Å². The summed E-state index contributed by atoms with van der Waals surface area (Å²) < 4.78 is 33.0. The number of aromatic nitrogens is 2. The second-order valence-electron chi connectivity index (χ2n) is 12.0. The van der Waals surface area contributed by atoms with E-state index in [0.717, 1.165) is 5.56 Å². The van der Waals surface area contributed by atoms with Gasteiger partial charge >= 0.3 is 5.97 Å². The zero-order chi connectivity index (χ0) is 30.5. The molecular formula is C31H44FN3O5Si. The second-order valence-corrected chi connectivity index (χ2v) is 16.8. The highest BCUT2D eigenvalue weighted by molar-refractivity contribution is 6.74. The smallest absolute Gasteiger partial charge is 0.343 e. The van der Waals surface area contributed by atoms with Gasteiger partial charge in [-0.05, 0) is 61.7 Å². The zero-order valence-corrected chi connectivity index (χ0v) is 26.8. The van der Waals surface area contributed by atoms with Crippen LogP contribution in [0.5, 0.6) is 5.88 Å². The fourth-order valence-electron chi connectivity index (χ4n) is 4.14. The minimum atomic E-state index is -2.10. The third-order valence-corrected chi connectivity index (χ3v) is 12.2. The van der Waals surface area contributed by atoms with Gasteiger partial charge in [0, 0.05) is 12.7 Å². The molecule has 0 fully saturated rings. The van der Waals surface area contributed by atoms with Crippen molar-refractivity contribution in [3.05, 3.63) is 63.7 Å². The summed E-state index contributed by atoms with van der Waals surface area (Å²) in [5.41, 5.74) is 1.20. The van der Waals surface area contributed by atoms with Crippen LogP contribution in [0.1, 0.15) is 70.4 Å². The summed E-state index contributed by atoms with van der Waals surface area (Å²) >= 11 is 0. The lowest BCUT2D eigenvalue weighted by atomic mass is 10.0. The van der Waals surface area contributed by atoms with Crippen LogP contribution in [0.3, 0.4) is 0 Å². The molecule has 10 heteroatoms. The van der Waals surface area contributed by atoms with Gasteiger partial charge in [0.05, 0.1) is 36.9 Å². The minimum Gasteiger partial charge on any atom is -0.476 e. The topological polar surface area (TPSA) is 91.7 Å². The minimum absolute atomic E-state index is 0.0156. The van der Waals surface area contributed by atoms with Crippen molar-refractivity contribution in [3.8, 4) is 5.88 Å². The Morgan fingerprint density at radius 2 is 1.78 bits per heavy atom. The lowest BCUT2D eigenvalue weighted by Crippen LogP contribution is -2.42. The number of nitrogens with zero attached hydrogens (tertiary/aromatic N) is 2. The number of hydrogen-bond donors (Lipinski definition) is 1. The molecule has 0 amide bonds. The van der Waals surface area contributed by atoms with Gasteiger partial charge in [-0.3, -0.25) is 4.79 Å². The molecule has 0 unspecified atom stereocenters. The molecule has 0 saturated carbocycles. The SMILES string of the molecule is CCOC(=O)c1cn([C@H](CO[Si](C)(C)C(C)(C)C)C(C)C)c2nc(OCC)c(NCc3ccc(F)cc3)cc2c1=O. The van der Waals surface area contributed by atoms with E-state index >= 15 is 0 Å². The van der Waals surface area contributed by atoms with Gasteiger partial charge in [0.1, 0.15) is 17.0 Å². The highest BCUT2D eigenvalue weighted by Gasteiger charge is 2.38. The Labute approximate surface area is 243 Å². The number of anilines is 1. The molecule has 0 bridgehead atoms. The molecule has 1 aromatic carbocycles. The Morgan fingerprint density at radius 1 is 1.12 bits per heavy atom. The number of nitrogens with one attached hydrogen (secondary N) is 1. The van der Waals surface area contributed by atoms with Crippen LogP contribution in [-0.2, 0) is 15.7 Å². The van der Waals surface area contributed by atoms with Crippen LogP contribution in [0.4, 0.5) is 10.1 Å². The predicted octanol–water partition coefficient (Wildman–Crippen LogP) is 6.94. The first-order valence-corrected chi connectivity index (χ1v) is 17.1. The van der Waals surface area contributed by atoms with Crippen LogP contribution in [-0.4, -0.2) is 43.7 Å². The molecule has 2 heterocycles. The lowest BCUT2D eigenvalue weighted by molar-refractivity contribution is 0.0523. The highest BCUT2D eigenvalue weighted by atomic mass is 28.4. The molecule has 1 N–H and O–H groups in total. The van der Waals surface area contributed by atoms with Gasteiger partial charge in [-0.15, -0.1) is 0 Å². The van der Waals surface area contributed by atoms with E-state index in [-0.39, 0.29) is 40.4 Å². The molecule has 0 radical (unpaired) electrons. The van der Waals surface area contributed by atoms with E-state index in [1.165, 1.54) is 12.1 Å². The van der Waals surface area contributed by atoms with Crippen molar-refractivity contribution in [2.45, 2.75) is 79.2 Å². The molecule has 41 heavy (non-hydrogen) atoms. The number of pyridine rings is 2. The van der Waals surface area contributed by atoms with E-state index in [1.807, 2.05) is 11.5 Å². The number of ether oxygens (including phenoxy) is 2. The van der Waals surface area contributed by atoms with Crippen molar-refractivity contribution in [2.75, 3.05) is 25.1 Å². The van der Waals surface area contributed by atoms with Crippen molar-refractivity contribution in [2.24, 2.45) is 5.92 Å². The van der Waals surface area contributed by atoms with E-state index in [9.17, 15) is 14.0 Å². The third-order valence-electron chi connectivity index (χ3n) is 7.69. The van der Waals surface area contributed by atoms with Gasteiger partial charge in [-0.1, -0.05) is 46.8 Å². The summed E-state index contributed by atoms with van der Waals surface area (Å²) in [6.45, 7) is 19.9. The first-order valence-electron chi connectivity index (χ1n) is 14.2. The molecule has 1 atom stereocenters. The van der Waals surface area contributed by atoms with Crippen LogP contribution in [0, 0.1) is 11.7 Å². The molecule has 0 aliphatic heterocycles. The van der Waals surface area contributed by atoms with Gasteiger partial charge in [0.15, 0.2) is 8.32 Å². The van der Waals surface area contributed by atoms with E-state index < -0.39 is 19.7 Å². The number of benzene rings is 1. The van der Waals surface area contributed by atoms with Gasteiger partial charge < -0.3 is 23.8 Å². The molecular weight excluding hydrogens is 541 g/mol. The van der Waals surface area contributed by atoms with Gasteiger partial charge in [-0.2, -0.15) is 4.98 Å². The number of esters is 1. The monoisotopic (exact) mass is 585 g/mol. The van der Waals surface area contributed by atoms with Crippen molar-refractivity contribution >= 4 is 31.0 Å². The first-order chi connectivity index (χ1) is 19.2. The average Bonchev–Trinajstić information content (AvgIpc) is 2.89. The Kier molecular flexibility index (Phi) is 10.4. The van der Waals surface area contributed by atoms with Crippen LogP contribution >= 0.6 is 0 Å². The van der Waals surface area contributed by atoms with Crippen molar-refractivity contribution in [3.63, 3.8) is 0 Å². The summed E-state index contributed by atoms with van der Waals surface area (Å²) in [4.78, 5) is 31.4. The number of fused-ring (bicyclic) bond motifs is 1. The molecule has 224 valence electrons. The van der Waals surface area contributed by atoms with Gasteiger partial charge in [0.2, 0.25) is 11.3 Å². The molecule has 0 spiro atoms. The number of carbonyl (C=O) groups excluding carboxylic acids is 1. The largest absolute Gasteiger partial charge is 0.476 e. The molecule has 2 aromatic heterocycles. The van der Waals surface area contributed by atoms with Crippen LogP contribution in [0.2, 0.25) is 18.1 Å². The first kappa shape index (κ1) is 32.3. The fraction of sp³-hybridized carbons (Fsp3) is 0.516. The maximum absolute atomic E-state index is 13.7. The summed E-state index contributed by atoms with van der Waals surface area (Å²) in [5.74, 6) is -0.586. The third kappa shape index (κ3) is 7.54.